The summed E-state index contributed by atoms with van der Waals surface area (Å²) in [5.41, 5.74) is 5.71. The van der Waals surface area contributed by atoms with Gasteiger partial charge in [0.25, 0.3) is 0 Å². The Morgan fingerprint density at radius 2 is 1.24 bits per heavy atom. The van der Waals surface area contributed by atoms with Gasteiger partial charge in [0.2, 0.25) is 0 Å². The van der Waals surface area contributed by atoms with Crippen LogP contribution in [0.1, 0.15) is 0 Å². The van der Waals surface area contributed by atoms with Gasteiger partial charge < -0.3 is 0 Å². The van der Waals surface area contributed by atoms with Crippen LogP contribution in [0.4, 0.5) is 0 Å². The van der Waals surface area contributed by atoms with Crippen molar-refractivity contribution in [3.63, 3.8) is 0 Å². The predicted molar refractivity (Wildman–Crippen MR) is 143 cm³/mol. The van der Waals surface area contributed by atoms with E-state index in [-0.39, 0.29) is 0 Å². The molecule has 7 rings (SSSR count). The maximum atomic E-state index is 5.11. The summed E-state index contributed by atoms with van der Waals surface area (Å²) in [6, 6.07) is 41.2. The van der Waals surface area contributed by atoms with Crippen molar-refractivity contribution >= 4 is 53.2 Å². The van der Waals surface area contributed by atoms with Crippen molar-refractivity contribution in [1.29, 1.82) is 0 Å². The van der Waals surface area contributed by atoms with Crippen molar-refractivity contribution in [2.45, 2.75) is 0 Å². The van der Waals surface area contributed by atoms with Crippen molar-refractivity contribution in [3.8, 4) is 22.4 Å². The molecule has 0 fully saturated rings. The van der Waals surface area contributed by atoms with Gasteiger partial charge in [0.1, 0.15) is 0 Å². The van der Waals surface area contributed by atoms with Gasteiger partial charge in [-0.15, -0.1) is 11.3 Å². The minimum atomic E-state index is 1.00. The van der Waals surface area contributed by atoms with Crippen LogP contribution < -0.4 is 0 Å². The Balaban J connectivity index is 1.41. The zero-order valence-electron chi connectivity index (χ0n) is 17.8. The molecule has 154 valence electrons. The Morgan fingerprint density at radius 1 is 0.515 bits per heavy atom. The third kappa shape index (κ3) is 2.95. The van der Waals surface area contributed by atoms with Gasteiger partial charge in [0, 0.05) is 36.5 Å². The van der Waals surface area contributed by atoms with Gasteiger partial charge in [-0.2, -0.15) is 0 Å². The maximum Gasteiger partial charge on any atom is 0.0787 e. The number of pyridine rings is 1. The van der Waals surface area contributed by atoms with Gasteiger partial charge in [0.15, 0.2) is 0 Å². The largest absolute Gasteiger partial charge is 0.247 e. The number of thiophene rings is 1. The quantitative estimate of drug-likeness (QED) is 0.246. The highest BCUT2D eigenvalue weighted by Crippen LogP contribution is 2.40. The average molecular weight is 438 g/mol. The van der Waals surface area contributed by atoms with Crippen molar-refractivity contribution in [3.05, 3.63) is 115 Å². The van der Waals surface area contributed by atoms with E-state index in [4.69, 9.17) is 4.98 Å². The Kier molecular flexibility index (Phi) is 4.08. The average Bonchev–Trinajstić information content (AvgIpc) is 3.27. The van der Waals surface area contributed by atoms with E-state index in [1.54, 1.807) is 0 Å². The third-order valence-electron chi connectivity index (χ3n) is 6.46. The van der Waals surface area contributed by atoms with E-state index in [2.05, 4.69) is 115 Å². The van der Waals surface area contributed by atoms with Crippen molar-refractivity contribution in [2.24, 2.45) is 0 Å². The van der Waals surface area contributed by atoms with Crippen LogP contribution in [-0.2, 0) is 0 Å². The topological polar surface area (TPSA) is 12.9 Å². The van der Waals surface area contributed by atoms with E-state index in [9.17, 15) is 0 Å². The van der Waals surface area contributed by atoms with E-state index < -0.39 is 0 Å². The summed E-state index contributed by atoms with van der Waals surface area (Å²) >= 11 is 1.87. The molecule has 2 heterocycles. The molecule has 0 aliphatic heterocycles. The maximum absolute atomic E-state index is 5.11. The van der Waals surface area contributed by atoms with Crippen LogP contribution in [0, 0.1) is 0 Å². The molecule has 0 saturated carbocycles. The van der Waals surface area contributed by atoms with Crippen LogP contribution in [0.5, 0.6) is 0 Å². The fraction of sp³-hybridized carbons (Fsp3) is 0. The third-order valence-corrected chi connectivity index (χ3v) is 7.68. The Labute approximate surface area is 195 Å². The molecule has 0 bridgehead atoms. The lowest BCUT2D eigenvalue weighted by Gasteiger charge is -2.09. The number of nitrogens with zero attached hydrogens (tertiary/aromatic N) is 1. The molecule has 0 amide bonds. The normalized spacial score (nSPS) is 11.6. The van der Waals surface area contributed by atoms with Crippen LogP contribution in [0.2, 0.25) is 0 Å². The lowest BCUT2D eigenvalue weighted by molar-refractivity contribution is 1.41. The second kappa shape index (κ2) is 7.26. The van der Waals surface area contributed by atoms with Gasteiger partial charge in [-0.05, 0) is 34.7 Å². The molecule has 2 aromatic heterocycles. The molecule has 0 radical (unpaired) electrons. The molecular formula is C31H19NS. The Hall–Kier alpha value is -4.01. The Morgan fingerprint density at radius 3 is 2.21 bits per heavy atom. The van der Waals surface area contributed by atoms with Gasteiger partial charge in [-0.3, -0.25) is 0 Å². The molecule has 0 spiro atoms. The highest BCUT2D eigenvalue weighted by Gasteiger charge is 2.11. The smallest absolute Gasteiger partial charge is 0.0787 e. The summed E-state index contributed by atoms with van der Waals surface area (Å²) in [6.45, 7) is 0. The van der Waals surface area contributed by atoms with E-state index in [0.29, 0.717) is 0 Å². The van der Waals surface area contributed by atoms with Crippen LogP contribution in [0.3, 0.4) is 0 Å². The highest BCUT2D eigenvalue weighted by molar-refractivity contribution is 7.26. The van der Waals surface area contributed by atoms with E-state index in [1.807, 2.05) is 11.3 Å². The van der Waals surface area contributed by atoms with Crippen molar-refractivity contribution < 1.29 is 0 Å². The Bertz CT molecular complexity index is 1830. The first-order valence-corrected chi connectivity index (χ1v) is 12.0. The molecule has 7 aromatic rings. The number of fused-ring (bicyclic) bond motifs is 6. The molecule has 0 saturated heterocycles. The lowest BCUT2D eigenvalue weighted by atomic mass is 9.99. The molecule has 1 nitrogen and oxygen atoms in total. The summed E-state index contributed by atoms with van der Waals surface area (Å²) < 4.78 is 2.67. The zero-order valence-corrected chi connectivity index (χ0v) is 18.6. The fourth-order valence-electron chi connectivity index (χ4n) is 4.84. The number of hydrogen-bond acceptors (Lipinski definition) is 2. The summed E-state index contributed by atoms with van der Waals surface area (Å²) in [5.74, 6) is 0. The van der Waals surface area contributed by atoms with Crippen LogP contribution >= 0.6 is 11.3 Å². The first-order valence-electron chi connectivity index (χ1n) is 11.1. The van der Waals surface area contributed by atoms with Crippen LogP contribution in [-0.4, -0.2) is 4.98 Å². The van der Waals surface area contributed by atoms with Crippen LogP contribution in [0.25, 0.3) is 64.2 Å². The monoisotopic (exact) mass is 437 g/mol. The van der Waals surface area contributed by atoms with Crippen LogP contribution in [0.15, 0.2) is 115 Å². The number of hydrogen-bond donors (Lipinski definition) is 0. The fourth-order valence-corrected chi connectivity index (χ4v) is 6.08. The summed E-state index contributed by atoms with van der Waals surface area (Å²) in [7, 11) is 0. The molecule has 0 unspecified atom stereocenters. The zero-order chi connectivity index (χ0) is 21.8. The minimum Gasteiger partial charge on any atom is -0.247 e. The molecule has 0 aliphatic carbocycles. The predicted octanol–water partition coefficient (Wildman–Crippen LogP) is 9.09. The molecule has 0 aliphatic rings. The highest BCUT2D eigenvalue weighted by atomic mass is 32.1. The molecule has 2 heteroatoms. The molecule has 0 N–H and O–H groups in total. The van der Waals surface area contributed by atoms with Gasteiger partial charge in [-0.25, -0.2) is 4.98 Å². The number of benzene rings is 5. The number of rotatable bonds is 2. The second-order valence-corrected chi connectivity index (χ2v) is 9.47. The van der Waals surface area contributed by atoms with E-state index >= 15 is 0 Å². The summed E-state index contributed by atoms with van der Waals surface area (Å²) in [6.07, 6.45) is 0. The van der Waals surface area contributed by atoms with E-state index in [0.717, 1.165) is 16.8 Å². The molecule has 5 aromatic carbocycles. The molecule has 33 heavy (non-hydrogen) atoms. The van der Waals surface area contributed by atoms with Gasteiger partial charge in [-0.1, -0.05) is 97.1 Å². The standard InChI is InChI=1S/C31H19NS/c1-2-10-24-20(7-1)15-16-21-17-18-28(32-30(21)24)23-9-5-8-22(19-23)25-12-6-13-27-26-11-3-4-14-29(26)33-31(25)27/h1-19H. The van der Waals surface area contributed by atoms with E-state index in [1.165, 1.54) is 47.5 Å². The molecular weight excluding hydrogens is 418 g/mol. The summed E-state index contributed by atoms with van der Waals surface area (Å²) in [4.78, 5) is 5.11. The second-order valence-electron chi connectivity index (χ2n) is 8.42. The van der Waals surface area contributed by atoms with Gasteiger partial charge >= 0.3 is 0 Å². The summed E-state index contributed by atoms with van der Waals surface area (Å²) in [5, 5.41) is 6.25. The number of aromatic nitrogens is 1. The van der Waals surface area contributed by atoms with Gasteiger partial charge in [0.05, 0.1) is 11.2 Å². The van der Waals surface area contributed by atoms with Crippen molar-refractivity contribution in [2.75, 3.05) is 0 Å². The minimum absolute atomic E-state index is 1.00. The lowest BCUT2D eigenvalue weighted by Crippen LogP contribution is -1.88. The first-order chi connectivity index (χ1) is 16.3. The SMILES string of the molecule is c1cc(-c2ccc3ccc4ccccc4c3n2)cc(-c2cccc3c2sc2ccccc23)c1. The molecule has 0 atom stereocenters. The first kappa shape index (κ1) is 18.6. The van der Waals surface area contributed by atoms with Crippen molar-refractivity contribution in [1.82, 2.24) is 4.98 Å².